The van der Waals surface area contributed by atoms with Crippen LogP contribution in [0.4, 0.5) is 0 Å². The van der Waals surface area contributed by atoms with Crippen LogP contribution in [-0.4, -0.2) is 4.70 Å². The fourth-order valence-electron chi connectivity index (χ4n) is 11.9. The van der Waals surface area contributed by atoms with Crippen molar-refractivity contribution in [2.24, 2.45) is 0 Å². The second kappa shape index (κ2) is 63.5. The molecule has 2 nitrogen and oxygen atoms in total. The first kappa shape index (κ1) is 80.0. The Morgan fingerprint density at radius 3 is 0.915 bits per heavy atom. The average molecular weight is 1180 g/mol. The van der Waals surface area contributed by atoms with Crippen LogP contribution in [0.5, 0.6) is 0 Å². The van der Waals surface area contributed by atoms with Crippen molar-refractivity contribution >= 4 is 11.4 Å². The molecule has 82 heavy (non-hydrogen) atoms. The van der Waals surface area contributed by atoms with Gasteiger partial charge in [-0.1, -0.05) is 367 Å². The van der Waals surface area contributed by atoms with E-state index < -0.39 is 0 Å². The summed E-state index contributed by atoms with van der Waals surface area (Å²) in [6, 6.07) is 17.9. The zero-order valence-electron chi connectivity index (χ0n) is 55.9. The average Bonchev–Trinajstić information content (AvgIpc) is 4.10. The van der Waals surface area contributed by atoms with Crippen LogP contribution in [0.2, 0.25) is 0 Å². The van der Waals surface area contributed by atoms with E-state index in [-0.39, 0.29) is 16.5 Å². The van der Waals surface area contributed by atoms with Crippen LogP contribution in [0, 0.1) is 13.8 Å². The third-order valence-electron chi connectivity index (χ3n) is 17.4. The molecule has 0 unspecified atom stereocenters. The Bertz CT molecular complexity index is 1650. The van der Waals surface area contributed by atoms with E-state index in [0.717, 1.165) is 67.5 Å². The molecule has 0 saturated carbocycles. The smallest absolute Gasteiger partial charge is 0.493 e. The van der Waals surface area contributed by atoms with Crippen LogP contribution >= 0.6 is 0 Å². The summed E-state index contributed by atoms with van der Waals surface area (Å²) in [6.07, 6.45) is 79.4. The standard InChI is InChI=1S/C55H90N2.2C12H25.Ni/c1-4-7-10-12-14-15-16-17-18-19-20-21-22-23-24-25-26-27-28-29-30-31-32-34-35-38-49-43-45-51(46-44-49)54-48-53(41-9-6-3)55(57(54)56)52-42-37-40-50(47-52)39-36-33-13-11-8-5-2;2*1-3-5-7-9-11-12-10-8-6-4-2;/h37,40,42-48H,4-36,38-39,41H2,1-3H3;2*1,3-12H2,2H3;/q;2*-1;+2. The molecule has 1 heterocycles. The Morgan fingerprint density at radius 2 is 0.598 bits per heavy atom. The Balaban J connectivity index is 0.00000217. The molecule has 476 valence electrons. The Kier molecular flexibility index (Phi) is 62.0. The van der Waals surface area contributed by atoms with Crippen molar-refractivity contribution in [3.8, 4) is 0 Å². The topological polar surface area (TPSA) is 25.3 Å². The summed E-state index contributed by atoms with van der Waals surface area (Å²) < 4.78 is 1.48. The fraction of sp³-hybridized carbons (Fsp3) is 0.772. The molecule has 2 aromatic rings. The van der Waals surface area contributed by atoms with Crippen molar-refractivity contribution in [3.63, 3.8) is 0 Å². The van der Waals surface area contributed by atoms with Gasteiger partial charge < -0.3 is 19.4 Å². The van der Waals surface area contributed by atoms with Gasteiger partial charge in [-0.15, -0.1) is 0 Å². The molecule has 0 N–H and O–H groups in total. The van der Waals surface area contributed by atoms with E-state index in [9.17, 15) is 5.53 Å². The predicted octanol–water partition coefficient (Wildman–Crippen LogP) is 28.4. The number of allylic oxidation sites excluding steroid dienone is 2. The van der Waals surface area contributed by atoms with Gasteiger partial charge in [-0.3, -0.25) is 0 Å². The fourth-order valence-corrected chi connectivity index (χ4v) is 11.9. The van der Waals surface area contributed by atoms with Crippen LogP contribution in [0.3, 0.4) is 0 Å². The van der Waals surface area contributed by atoms with E-state index in [1.165, 1.54) is 336 Å². The molecule has 1 aliphatic heterocycles. The molecule has 0 fully saturated rings. The van der Waals surface area contributed by atoms with Crippen molar-refractivity contribution in [1.82, 2.24) is 0 Å². The Hall–Kier alpha value is -1.99. The first-order valence-electron chi connectivity index (χ1n) is 36.7. The molecule has 0 atom stereocenters. The molecule has 3 rings (SSSR count). The normalized spacial score (nSPS) is 12.1. The quantitative estimate of drug-likeness (QED) is 0.0273. The summed E-state index contributed by atoms with van der Waals surface area (Å²) in [5.41, 5.74) is 19.8. The van der Waals surface area contributed by atoms with Crippen LogP contribution in [-0.2, 0) is 29.3 Å². The van der Waals surface area contributed by atoms with Crippen LogP contribution in [0.1, 0.15) is 404 Å². The van der Waals surface area contributed by atoms with Gasteiger partial charge in [0, 0.05) is 22.8 Å². The minimum absolute atomic E-state index is 0. The molecule has 1 aliphatic rings. The van der Waals surface area contributed by atoms with Crippen LogP contribution in [0.15, 0.2) is 60.2 Å². The Morgan fingerprint density at radius 1 is 0.305 bits per heavy atom. The zero-order chi connectivity index (χ0) is 58.6. The molecule has 0 spiro atoms. The maximum atomic E-state index is 11.6. The number of hydrogen-bond acceptors (Lipinski definition) is 0. The number of nitrogens with zero attached hydrogens (tertiary/aromatic N) is 2. The number of aryl methyl sites for hydroxylation is 2. The van der Waals surface area contributed by atoms with Gasteiger partial charge in [0.15, 0.2) is 0 Å². The molecular formula is C79H140N2Ni. The number of unbranched alkanes of at least 4 members (excludes halogenated alkanes) is 48. The monoisotopic (exact) mass is 1180 g/mol. The molecule has 0 aliphatic carbocycles. The first-order chi connectivity index (χ1) is 40.0. The predicted molar refractivity (Wildman–Crippen MR) is 367 cm³/mol. The van der Waals surface area contributed by atoms with E-state index in [0.29, 0.717) is 0 Å². The van der Waals surface area contributed by atoms with Gasteiger partial charge in [0.25, 0.3) is 0 Å². The number of benzene rings is 2. The van der Waals surface area contributed by atoms with Crippen molar-refractivity contribution in [2.45, 2.75) is 394 Å². The van der Waals surface area contributed by atoms with E-state index in [4.69, 9.17) is 0 Å². The van der Waals surface area contributed by atoms with Crippen molar-refractivity contribution in [1.29, 1.82) is 0 Å². The molecule has 3 heteroatoms. The zero-order valence-corrected chi connectivity index (χ0v) is 56.9. The largest absolute Gasteiger partial charge is 2.00 e. The molecule has 0 saturated heterocycles. The summed E-state index contributed by atoms with van der Waals surface area (Å²) in [5, 5.41) is 0. The maximum Gasteiger partial charge on any atom is 2.00 e. The van der Waals surface area contributed by atoms with E-state index >= 15 is 0 Å². The summed E-state index contributed by atoms with van der Waals surface area (Å²) in [5.74, 6) is 0. The SMILES string of the molecule is CCCCCCCCCCCCCCCCCCCCCCCCCCCc1ccc(C2=CC(CCCC)=C(c3cccc(CCCCCCCC)c3)[N+]2=[N-])cc1.[CH2-]CCCCCCCCCCC.[CH2-]CCCCCCCCCCC.[Ni+2]. The molecular weight excluding hydrogens is 1040 g/mol. The van der Waals surface area contributed by atoms with Gasteiger partial charge in [-0.2, -0.15) is 12.8 Å². The molecule has 0 bridgehead atoms. The molecule has 0 aromatic heterocycles. The summed E-state index contributed by atoms with van der Waals surface area (Å²) >= 11 is 0. The number of hydrogen-bond donors (Lipinski definition) is 0. The minimum Gasteiger partial charge on any atom is -0.493 e. The van der Waals surface area contributed by atoms with Crippen molar-refractivity contribution < 1.29 is 21.2 Å². The van der Waals surface area contributed by atoms with Gasteiger partial charge in [-0.05, 0) is 73.9 Å². The van der Waals surface area contributed by atoms with Crippen molar-refractivity contribution in [2.75, 3.05) is 0 Å². The van der Waals surface area contributed by atoms with Crippen LogP contribution < -0.4 is 0 Å². The van der Waals surface area contributed by atoms with Gasteiger partial charge in [0.1, 0.15) is 0 Å². The van der Waals surface area contributed by atoms with E-state index in [2.05, 4.69) is 103 Å². The second-order valence-corrected chi connectivity index (χ2v) is 25.3. The van der Waals surface area contributed by atoms with Gasteiger partial charge in [-0.25, -0.2) is 4.70 Å². The Labute approximate surface area is 525 Å². The summed E-state index contributed by atoms with van der Waals surface area (Å²) in [7, 11) is 0. The first-order valence-corrected chi connectivity index (χ1v) is 36.7. The molecule has 2 aromatic carbocycles. The molecule has 0 amide bonds. The van der Waals surface area contributed by atoms with Crippen LogP contribution in [0.25, 0.3) is 16.9 Å². The van der Waals surface area contributed by atoms with E-state index in [1.807, 2.05) is 0 Å². The molecule has 0 radical (unpaired) electrons. The number of rotatable bonds is 56. The third-order valence-corrected chi connectivity index (χ3v) is 17.4. The summed E-state index contributed by atoms with van der Waals surface area (Å²) in [4.78, 5) is 0. The van der Waals surface area contributed by atoms with Gasteiger partial charge in [0.2, 0.25) is 11.4 Å². The second-order valence-electron chi connectivity index (χ2n) is 25.3. The third kappa shape index (κ3) is 47.2. The summed E-state index contributed by atoms with van der Waals surface area (Å²) in [6.45, 7) is 19.1. The van der Waals surface area contributed by atoms with Crippen molar-refractivity contribution in [3.05, 3.63) is 102 Å². The minimum atomic E-state index is 0. The van der Waals surface area contributed by atoms with E-state index in [1.54, 1.807) is 0 Å². The van der Waals surface area contributed by atoms with Gasteiger partial charge in [0.05, 0.1) is 0 Å². The maximum absolute atomic E-state index is 11.6. The van der Waals surface area contributed by atoms with Gasteiger partial charge >= 0.3 is 16.5 Å².